The van der Waals surface area contributed by atoms with Crippen LogP contribution in [0.1, 0.15) is 95.2 Å². The van der Waals surface area contributed by atoms with Crippen LogP contribution in [-0.2, 0) is 5.41 Å². The van der Waals surface area contributed by atoms with Crippen molar-refractivity contribution in [2.75, 3.05) is 0 Å². The minimum atomic E-state index is -0.211. The Labute approximate surface area is 160 Å². The average molecular weight is 353 g/mol. The van der Waals surface area contributed by atoms with Gasteiger partial charge in [0.1, 0.15) is 5.75 Å². The predicted molar refractivity (Wildman–Crippen MR) is 113 cm³/mol. The molecule has 0 aromatic heterocycles. The van der Waals surface area contributed by atoms with Crippen molar-refractivity contribution in [1.29, 1.82) is 0 Å². The van der Waals surface area contributed by atoms with Gasteiger partial charge >= 0.3 is 0 Å². The Balaban J connectivity index is 2.30. The van der Waals surface area contributed by atoms with Gasteiger partial charge < -0.3 is 5.11 Å². The first-order valence-electron chi connectivity index (χ1n) is 10.4. The normalized spacial score (nSPS) is 12.9. The maximum Gasteiger partial charge on any atom is 0.119 e. The number of hydrogen-bond acceptors (Lipinski definition) is 1. The second-order valence-corrected chi connectivity index (χ2v) is 8.04. The Hall–Kier alpha value is -1.76. The Bertz CT molecular complexity index is 657. The minimum Gasteiger partial charge on any atom is -0.508 e. The summed E-state index contributed by atoms with van der Waals surface area (Å²) in [6.45, 7) is 9.00. The van der Waals surface area contributed by atoms with Gasteiger partial charge in [-0.2, -0.15) is 0 Å². The van der Waals surface area contributed by atoms with Crippen LogP contribution >= 0.6 is 0 Å². The van der Waals surface area contributed by atoms with Crippen molar-refractivity contribution in [3.05, 3.63) is 65.2 Å². The third-order valence-electron chi connectivity index (χ3n) is 5.78. The van der Waals surface area contributed by atoms with E-state index in [1.807, 2.05) is 12.1 Å². The monoisotopic (exact) mass is 352 g/mol. The molecular weight excluding hydrogens is 316 g/mol. The van der Waals surface area contributed by atoms with Crippen LogP contribution in [-0.4, -0.2) is 5.11 Å². The van der Waals surface area contributed by atoms with E-state index in [0.717, 1.165) is 12.0 Å². The fourth-order valence-electron chi connectivity index (χ4n) is 4.15. The molecule has 0 aliphatic rings. The lowest BCUT2D eigenvalue weighted by atomic mass is 9.72. The summed E-state index contributed by atoms with van der Waals surface area (Å²) in [5.41, 5.74) is 3.47. The molecule has 1 nitrogen and oxygen atoms in total. The van der Waals surface area contributed by atoms with Crippen LogP contribution in [0.15, 0.2) is 48.5 Å². The number of phenols is 1. The molecule has 0 heterocycles. The molecule has 0 fully saturated rings. The molecule has 2 aromatic rings. The van der Waals surface area contributed by atoms with Gasteiger partial charge in [0.25, 0.3) is 0 Å². The van der Waals surface area contributed by atoms with Gasteiger partial charge in [0.15, 0.2) is 0 Å². The molecule has 142 valence electrons. The number of phenolic OH excluding ortho intramolecular Hbond substituents is 1. The van der Waals surface area contributed by atoms with Crippen molar-refractivity contribution in [2.24, 2.45) is 0 Å². The Kier molecular flexibility index (Phi) is 7.75. The lowest BCUT2D eigenvalue weighted by Gasteiger charge is -2.32. The van der Waals surface area contributed by atoms with Crippen molar-refractivity contribution in [3.8, 4) is 5.75 Å². The smallest absolute Gasteiger partial charge is 0.119 e. The predicted octanol–water partition coefficient (Wildman–Crippen LogP) is 7.57. The molecule has 2 rings (SSSR count). The molecule has 1 heteroatoms. The SMILES string of the molecule is CCCCCCCC(CC)c1cccc(O)c1C(C)(C)c1ccccc1. The van der Waals surface area contributed by atoms with Gasteiger partial charge in [0, 0.05) is 11.0 Å². The van der Waals surface area contributed by atoms with Crippen LogP contribution in [0.25, 0.3) is 0 Å². The van der Waals surface area contributed by atoms with Gasteiger partial charge in [-0.05, 0) is 36.0 Å². The van der Waals surface area contributed by atoms with E-state index in [1.54, 1.807) is 0 Å². The summed E-state index contributed by atoms with van der Waals surface area (Å²) in [5, 5.41) is 10.8. The van der Waals surface area contributed by atoms with Crippen molar-refractivity contribution in [2.45, 2.75) is 84.0 Å². The first-order chi connectivity index (χ1) is 12.5. The van der Waals surface area contributed by atoms with E-state index < -0.39 is 0 Å². The lowest BCUT2D eigenvalue weighted by Crippen LogP contribution is -2.22. The van der Waals surface area contributed by atoms with Gasteiger partial charge in [0.05, 0.1) is 0 Å². The van der Waals surface area contributed by atoms with Gasteiger partial charge in [-0.1, -0.05) is 102 Å². The topological polar surface area (TPSA) is 20.2 Å². The van der Waals surface area contributed by atoms with Crippen LogP contribution in [0, 0.1) is 0 Å². The summed E-state index contributed by atoms with van der Waals surface area (Å²) in [5.74, 6) is 0.947. The van der Waals surface area contributed by atoms with Gasteiger partial charge in [-0.25, -0.2) is 0 Å². The molecule has 1 N–H and O–H groups in total. The Morgan fingerprint density at radius 2 is 1.54 bits per heavy atom. The van der Waals surface area contributed by atoms with Crippen molar-refractivity contribution >= 4 is 0 Å². The number of aromatic hydroxyl groups is 1. The Morgan fingerprint density at radius 1 is 0.846 bits per heavy atom. The summed E-state index contributed by atoms with van der Waals surface area (Å²) in [4.78, 5) is 0. The fraction of sp³-hybridized carbons (Fsp3) is 0.520. The van der Waals surface area contributed by atoms with E-state index in [9.17, 15) is 5.11 Å². The quantitative estimate of drug-likeness (QED) is 0.437. The van der Waals surface area contributed by atoms with Crippen LogP contribution in [0.3, 0.4) is 0 Å². The fourth-order valence-corrected chi connectivity index (χ4v) is 4.15. The standard InChI is InChI=1S/C25H36O/c1-5-7-8-9-11-15-20(6-2)22-18-14-19-23(26)24(22)25(3,4)21-16-12-10-13-17-21/h10,12-14,16-20,26H,5-9,11,15H2,1-4H3. The molecule has 0 spiro atoms. The van der Waals surface area contributed by atoms with Crippen molar-refractivity contribution < 1.29 is 5.11 Å². The first kappa shape index (κ1) is 20.6. The van der Waals surface area contributed by atoms with E-state index in [4.69, 9.17) is 0 Å². The highest BCUT2D eigenvalue weighted by molar-refractivity contribution is 5.51. The molecule has 0 saturated heterocycles. The molecule has 26 heavy (non-hydrogen) atoms. The summed E-state index contributed by atoms with van der Waals surface area (Å²) in [6.07, 6.45) is 8.90. The summed E-state index contributed by atoms with van der Waals surface area (Å²) < 4.78 is 0. The van der Waals surface area contributed by atoms with Crippen LogP contribution in [0.5, 0.6) is 5.75 Å². The highest BCUT2D eigenvalue weighted by atomic mass is 16.3. The summed E-state index contributed by atoms with van der Waals surface area (Å²) in [6, 6.07) is 16.6. The van der Waals surface area contributed by atoms with Gasteiger partial charge in [0.2, 0.25) is 0 Å². The Morgan fingerprint density at radius 3 is 2.19 bits per heavy atom. The third-order valence-corrected chi connectivity index (χ3v) is 5.78. The van der Waals surface area contributed by atoms with E-state index >= 15 is 0 Å². The van der Waals surface area contributed by atoms with E-state index in [2.05, 4.69) is 64.1 Å². The largest absolute Gasteiger partial charge is 0.508 e. The molecule has 1 unspecified atom stereocenters. The van der Waals surface area contributed by atoms with Gasteiger partial charge in [-0.3, -0.25) is 0 Å². The first-order valence-corrected chi connectivity index (χ1v) is 10.4. The maximum atomic E-state index is 10.8. The minimum absolute atomic E-state index is 0.211. The lowest BCUT2D eigenvalue weighted by molar-refractivity contribution is 0.445. The summed E-state index contributed by atoms with van der Waals surface area (Å²) >= 11 is 0. The highest BCUT2D eigenvalue weighted by Gasteiger charge is 2.30. The third kappa shape index (κ3) is 4.90. The van der Waals surface area contributed by atoms with Crippen molar-refractivity contribution in [1.82, 2.24) is 0 Å². The van der Waals surface area contributed by atoms with E-state index in [1.165, 1.54) is 49.7 Å². The zero-order valence-electron chi connectivity index (χ0n) is 17.1. The molecule has 0 bridgehead atoms. The number of benzene rings is 2. The molecular formula is C25H36O. The average Bonchev–Trinajstić information content (AvgIpc) is 2.65. The maximum absolute atomic E-state index is 10.8. The summed E-state index contributed by atoms with van der Waals surface area (Å²) in [7, 11) is 0. The molecule has 1 atom stereocenters. The molecule has 0 amide bonds. The van der Waals surface area contributed by atoms with E-state index in [0.29, 0.717) is 11.7 Å². The van der Waals surface area contributed by atoms with E-state index in [-0.39, 0.29) is 5.41 Å². The number of hydrogen-bond donors (Lipinski definition) is 1. The molecule has 2 aromatic carbocycles. The molecule has 0 aliphatic carbocycles. The number of rotatable bonds is 10. The molecule has 0 aliphatic heterocycles. The van der Waals surface area contributed by atoms with Crippen molar-refractivity contribution in [3.63, 3.8) is 0 Å². The zero-order chi connectivity index (χ0) is 19.0. The zero-order valence-corrected chi connectivity index (χ0v) is 17.1. The second kappa shape index (κ2) is 9.80. The number of unbranched alkanes of at least 4 members (excludes halogenated alkanes) is 4. The molecule has 0 saturated carbocycles. The second-order valence-electron chi connectivity index (χ2n) is 8.04. The van der Waals surface area contributed by atoms with Crippen LogP contribution in [0.4, 0.5) is 0 Å². The highest BCUT2D eigenvalue weighted by Crippen LogP contribution is 2.43. The van der Waals surface area contributed by atoms with Crippen LogP contribution in [0.2, 0.25) is 0 Å². The molecule has 0 radical (unpaired) electrons. The van der Waals surface area contributed by atoms with Crippen LogP contribution < -0.4 is 0 Å². The van der Waals surface area contributed by atoms with Gasteiger partial charge in [-0.15, -0.1) is 0 Å².